The average molecular weight is 258 g/mol. The highest BCUT2D eigenvalue weighted by Gasteiger charge is 2.56. The third kappa shape index (κ3) is 2.66. The highest BCUT2D eigenvalue weighted by atomic mass is 16.2. The zero-order valence-electron chi connectivity index (χ0n) is 11.5. The Morgan fingerprint density at radius 1 is 1.32 bits per heavy atom. The van der Waals surface area contributed by atoms with Crippen LogP contribution >= 0.6 is 0 Å². The van der Waals surface area contributed by atoms with E-state index < -0.39 is 0 Å². The molecule has 1 aromatic carbocycles. The second kappa shape index (κ2) is 5.33. The summed E-state index contributed by atoms with van der Waals surface area (Å²) in [4.78, 5) is 12.2. The van der Waals surface area contributed by atoms with Crippen LogP contribution in [0.25, 0.3) is 0 Å². The predicted octanol–water partition coefficient (Wildman–Crippen LogP) is 2.78. The van der Waals surface area contributed by atoms with E-state index in [-0.39, 0.29) is 5.91 Å². The van der Waals surface area contributed by atoms with Gasteiger partial charge in [0.15, 0.2) is 0 Å². The Morgan fingerprint density at radius 3 is 2.84 bits per heavy atom. The normalized spacial score (nSPS) is 27.9. The fourth-order valence-electron chi connectivity index (χ4n) is 3.46. The van der Waals surface area contributed by atoms with Crippen molar-refractivity contribution >= 4 is 11.6 Å². The number of rotatable bonds is 5. The molecule has 3 rings (SSSR count). The maximum Gasteiger partial charge on any atom is 0.228 e. The molecule has 0 radical (unpaired) electrons. The summed E-state index contributed by atoms with van der Waals surface area (Å²) < 4.78 is 0. The van der Waals surface area contributed by atoms with Gasteiger partial charge in [-0.05, 0) is 48.9 Å². The molecule has 3 heteroatoms. The second-order valence-electron chi connectivity index (χ2n) is 5.75. The van der Waals surface area contributed by atoms with Crippen LogP contribution < -0.4 is 10.6 Å². The molecule has 3 nitrogen and oxygen atoms in total. The maximum absolute atomic E-state index is 12.2. The zero-order chi connectivity index (χ0) is 13.2. The average Bonchev–Trinajstić information content (AvgIpc) is 2.91. The molecule has 2 N–H and O–H groups in total. The Hall–Kier alpha value is -1.35. The van der Waals surface area contributed by atoms with Gasteiger partial charge < -0.3 is 10.6 Å². The van der Waals surface area contributed by atoms with Crippen LogP contribution in [0.4, 0.5) is 5.69 Å². The lowest BCUT2D eigenvalue weighted by atomic mass is 10.1. The molecule has 19 heavy (non-hydrogen) atoms. The van der Waals surface area contributed by atoms with E-state index in [0.29, 0.717) is 17.8 Å². The number of nitrogens with one attached hydrogen (secondary N) is 2. The minimum absolute atomic E-state index is 0.232. The molecule has 2 fully saturated rings. The second-order valence-corrected chi connectivity index (χ2v) is 5.75. The Bertz CT molecular complexity index is 462. The van der Waals surface area contributed by atoms with E-state index in [1.165, 1.54) is 24.8 Å². The monoisotopic (exact) mass is 258 g/mol. The van der Waals surface area contributed by atoms with Gasteiger partial charge in [-0.15, -0.1) is 0 Å². The van der Waals surface area contributed by atoms with Crippen LogP contribution in [-0.2, 0) is 11.3 Å². The van der Waals surface area contributed by atoms with E-state index >= 15 is 0 Å². The van der Waals surface area contributed by atoms with Crippen molar-refractivity contribution in [2.24, 2.45) is 17.8 Å². The van der Waals surface area contributed by atoms with E-state index in [0.717, 1.165) is 18.8 Å². The third-order valence-corrected chi connectivity index (χ3v) is 4.48. The highest BCUT2D eigenvalue weighted by molar-refractivity contribution is 5.95. The quantitative estimate of drug-likeness (QED) is 0.852. The van der Waals surface area contributed by atoms with E-state index in [4.69, 9.17) is 0 Å². The first kappa shape index (κ1) is 12.7. The molecule has 102 valence electrons. The fourth-order valence-corrected chi connectivity index (χ4v) is 3.46. The number of benzene rings is 1. The van der Waals surface area contributed by atoms with Gasteiger partial charge in [-0.2, -0.15) is 0 Å². The molecule has 2 saturated carbocycles. The summed E-state index contributed by atoms with van der Waals surface area (Å²) in [5.41, 5.74) is 2.15. The predicted molar refractivity (Wildman–Crippen MR) is 76.8 cm³/mol. The van der Waals surface area contributed by atoms with Crippen molar-refractivity contribution in [1.29, 1.82) is 0 Å². The summed E-state index contributed by atoms with van der Waals surface area (Å²) in [5.74, 6) is 1.90. The van der Waals surface area contributed by atoms with Crippen LogP contribution in [0.15, 0.2) is 24.3 Å². The van der Waals surface area contributed by atoms with E-state index in [2.05, 4.69) is 29.7 Å². The van der Waals surface area contributed by atoms with Crippen LogP contribution in [0, 0.1) is 17.8 Å². The van der Waals surface area contributed by atoms with Gasteiger partial charge in [-0.1, -0.05) is 25.5 Å². The fraction of sp³-hybridized carbons (Fsp3) is 0.562. The lowest BCUT2D eigenvalue weighted by Crippen LogP contribution is -2.17. The van der Waals surface area contributed by atoms with Crippen LogP contribution in [0.3, 0.4) is 0 Å². The first-order valence-electron chi connectivity index (χ1n) is 7.40. The Kier molecular flexibility index (Phi) is 3.56. The standard InChI is InChI=1S/C16H22N2O/c1-2-17-10-11-5-3-6-12(9-11)18-16(19)15-13-7-4-8-14(13)15/h3,5-6,9,13-15,17H,2,4,7-8,10H2,1H3,(H,18,19). The molecule has 0 saturated heterocycles. The summed E-state index contributed by atoms with van der Waals surface area (Å²) >= 11 is 0. The summed E-state index contributed by atoms with van der Waals surface area (Å²) in [6.45, 7) is 3.91. The lowest BCUT2D eigenvalue weighted by molar-refractivity contribution is -0.118. The van der Waals surface area contributed by atoms with Crippen LogP contribution in [0.1, 0.15) is 31.7 Å². The number of carbonyl (C=O) groups is 1. The molecule has 0 bridgehead atoms. The van der Waals surface area contributed by atoms with Crippen molar-refractivity contribution in [2.45, 2.75) is 32.7 Å². The van der Waals surface area contributed by atoms with Crippen LogP contribution in [0.2, 0.25) is 0 Å². The van der Waals surface area contributed by atoms with E-state index in [1.54, 1.807) is 0 Å². The molecule has 0 spiro atoms. The van der Waals surface area contributed by atoms with Crippen molar-refractivity contribution in [3.8, 4) is 0 Å². The summed E-state index contributed by atoms with van der Waals surface area (Å²) in [6, 6.07) is 8.14. The van der Waals surface area contributed by atoms with Gasteiger partial charge in [0.2, 0.25) is 5.91 Å². The van der Waals surface area contributed by atoms with Gasteiger partial charge in [0.1, 0.15) is 0 Å². The zero-order valence-corrected chi connectivity index (χ0v) is 11.5. The highest BCUT2D eigenvalue weighted by Crippen LogP contribution is 2.57. The molecule has 0 heterocycles. The van der Waals surface area contributed by atoms with Gasteiger partial charge in [0, 0.05) is 18.2 Å². The number of hydrogen-bond donors (Lipinski definition) is 2. The third-order valence-electron chi connectivity index (χ3n) is 4.48. The van der Waals surface area contributed by atoms with Crippen LogP contribution in [0.5, 0.6) is 0 Å². The maximum atomic E-state index is 12.2. The minimum atomic E-state index is 0.232. The van der Waals surface area contributed by atoms with Crippen molar-refractivity contribution in [3.05, 3.63) is 29.8 Å². The SMILES string of the molecule is CCNCc1cccc(NC(=O)C2C3CCCC32)c1. The summed E-state index contributed by atoms with van der Waals surface area (Å²) in [5, 5.41) is 6.38. The van der Waals surface area contributed by atoms with Crippen molar-refractivity contribution in [2.75, 3.05) is 11.9 Å². The minimum Gasteiger partial charge on any atom is -0.326 e. The van der Waals surface area contributed by atoms with Crippen molar-refractivity contribution < 1.29 is 4.79 Å². The number of hydrogen-bond acceptors (Lipinski definition) is 2. The Morgan fingerprint density at radius 2 is 2.11 bits per heavy atom. The number of fused-ring (bicyclic) bond motifs is 1. The smallest absolute Gasteiger partial charge is 0.228 e. The first-order valence-corrected chi connectivity index (χ1v) is 7.40. The largest absolute Gasteiger partial charge is 0.326 e. The summed E-state index contributed by atoms with van der Waals surface area (Å²) in [6.07, 6.45) is 3.82. The topological polar surface area (TPSA) is 41.1 Å². The molecule has 2 atom stereocenters. The van der Waals surface area contributed by atoms with Gasteiger partial charge in [0.05, 0.1) is 0 Å². The molecule has 0 aliphatic heterocycles. The van der Waals surface area contributed by atoms with Gasteiger partial charge in [-0.3, -0.25) is 4.79 Å². The lowest BCUT2D eigenvalue weighted by Gasteiger charge is -2.09. The molecule has 2 aliphatic carbocycles. The molecule has 0 aromatic heterocycles. The summed E-state index contributed by atoms with van der Waals surface area (Å²) in [7, 11) is 0. The van der Waals surface area contributed by atoms with Crippen molar-refractivity contribution in [3.63, 3.8) is 0 Å². The van der Waals surface area contributed by atoms with Gasteiger partial charge in [-0.25, -0.2) is 0 Å². The number of amides is 1. The molecule has 2 aliphatic rings. The van der Waals surface area contributed by atoms with Crippen molar-refractivity contribution in [1.82, 2.24) is 5.32 Å². The number of carbonyl (C=O) groups excluding carboxylic acids is 1. The molecule has 2 unspecified atom stereocenters. The Balaban J connectivity index is 1.58. The number of anilines is 1. The Labute approximate surface area is 114 Å². The molecule has 1 amide bonds. The molecular formula is C16H22N2O. The van der Waals surface area contributed by atoms with Gasteiger partial charge in [0.25, 0.3) is 0 Å². The van der Waals surface area contributed by atoms with Crippen LogP contribution in [-0.4, -0.2) is 12.5 Å². The van der Waals surface area contributed by atoms with E-state index in [1.807, 2.05) is 12.1 Å². The molecule has 1 aromatic rings. The van der Waals surface area contributed by atoms with E-state index in [9.17, 15) is 4.79 Å². The van der Waals surface area contributed by atoms with Gasteiger partial charge >= 0.3 is 0 Å². The first-order chi connectivity index (χ1) is 9.29. The molecular weight excluding hydrogens is 236 g/mol.